The second-order valence-corrected chi connectivity index (χ2v) is 15.4. The van der Waals surface area contributed by atoms with Gasteiger partial charge in [-0.15, -0.1) is 0 Å². The summed E-state index contributed by atoms with van der Waals surface area (Å²) in [5.74, 6) is -12.1. The van der Waals surface area contributed by atoms with Gasteiger partial charge in [-0.2, -0.15) is 0 Å². The summed E-state index contributed by atoms with van der Waals surface area (Å²) in [6.45, 7) is 7.92. The van der Waals surface area contributed by atoms with Crippen molar-refractivity contribution in [1.82, 2.24) is 0 Å². The number of aliphatic carboxylic acids is 9. The Hall–Kier alpha value is -5.49. The molecule has 0 aliphatic rings. The summed E-state index contributed by atoms with van der Waals surface area (Å²) in [5.41, 5.74) is 0.731. The molecule has 0 bridgehead atoms. The van der Waals surface area contributed by atoms with Gasteiger partial charge in [0.1, 0.15) is 37.1 Å². The van der Waals surface area contributed by atoms with Crippen molar-refractivity contribution in [3.63, 3.8) is 0 Å². The van der Waals surface area contributed by atoms with Crippen LogP contribution in [-0.4, -0.2) is 104 Å². The van der Waals surface area contributed by atoms with Gasteiger partial charge in [0.2, 0.25) is 0 Å². The molecule has 3 aromatic rings. The van der Waals surface area contributed by atoms with Crippen LogP contribution in [0.25, 0.3) is 0 Å². The van der Waals surface area contributed by atoms with Crippen molar-refractivity contribution in [2.75, 3.05) is 19.8 Å². The number of rotatable bonds is 24. The number of ether oxygens (including phenoxy) is 3. The molecule has 21 nitrogen and oxygen atoms in total. The average molecular weight is 1030 g/mol. The summed E-state index contributed by atoms with van der Waals surface area (Å²) >= 11 is 0. The zero-order valence-corrected chi connectivity index (χ0v) is 47.2. The van der Waals surface area contributed by atoms with Crippen molar-refractivity contribution in [3.05, 3.63) is 123 Å². The van der Waals surface area contributed by atoms with E-state index >= 15 is 0 Å². The molecule has 3 rings (SSSR count). The van der Waals surface area contributed by atoms with Gasteiger partial charge in [-0.3, -0.25) is 0 Å². The fourth-order valence-electron chi connectivity index (χ4n) is 6.18. The number of carboxylic acids is 9. The minimum atomic E-state index is -1.35. The molecule has 372 valence electrons. The van der Waals surface area contributed by atoms with Gasteiger partial charge in [0.15, 0.2) is 0 Å². The molecule has 0 radical (unpaired) electrons. The molecule has 0 saturated heterocycles. The third kappa shape index (κ3) is 26.3. The summed E-state index contributed by atoms with van der Waals surface area (Å²) in [6, 6.07) is 18.2. The first-order valence-corrected chi connectivity index (χ1v) is 20.5. The molecule has 0 heterocycles. The largest absolute Gasteiger partial charge is 1.00 e. The van der Waals surface area contributed by atoms with Crippen molar-refractivity contribution in [2.24, 2.45) is 17.8 Å². The number of benzene rings is 3. The predicted octanol–water partition coefficient (Wildman–Crippen LogP) is -7.55. The van der Waals surface area contributed by atoms with Crippen molar-refractivity contribution in [1.29, 1.82) is 0 Å². The van der Waals surface area contributed by atoms with Crippen molar-refractivity contribution >= 4 is 53.7 Å². The van der Waals surface area contributed by atoms with Crippen LogP contribution < -0.4 is 118 Å². The molecule has 0 fully saturated rings. The summed E-state index contributed by atoms with van der Waals surface area (Å²) in [4.78, 5) is 98.9. The SMILES string of the molecule is CC(C)/C(C(=O)O)=C(\Cc1ccc(OCC(=O)[O-])cc1)C(=O)O.CC(C)/C(C(=O)O)=C(\Cc1ccc(OCC(=O)[O-])cc1)C(=O)O.CC(C)/C(C(=O)O)=C(\Cc1ccc(OCC(=O)[O-])cc1)C(=O)O.[Na+].[Na+].[Na+]. The van der Waals surface area contributed by atoms with Gasteiger partial charge in [-0.1, -0.05) is 77.9 Å². The molecule has 0 aromatic heterocycles. The van der Waals surface area contributed by atoms with Crippen LogP contribution in [0.2, 0.25) is 0 Å². The van der Waals surface area contributed by atoms with Crippen LogP contribution in [0, 0.1) is 17.8 Å². The number of carbonyl (C=O) groups is 9. The van der Waals surface area contributed by atoms with E-state index in [2.05, 4.69) is 0 Å². The van der Waals surface area contributed by atoms with E-state index in [0.717, 1.165) is 0 Å². The number of carbonyl (C=O) groups excluding carboxylic acids is 3. The topological polar surface area (TPSA) is 372 Å². The maximum absolute atomic E-state index is 11.4. The number of hydrogen-bond donors (Lipinski definition) is 6. The Balaban J connectivity index is -0.000000972. The van der Waals surface area contributed by atoms with E-state index in [9.17, 15) is 89.1 Å². The van der Waals surface area contributed by atoms with E-state index in [1.54, 1.807) is 77.9 Å². The van der Waals surface area contributed by atoms with E-state index in [1.165, 1.54) is 36.4 Å². The molecule has 0 unspecified atom stereocenters. The summed E-state index contributed by atoms with van der Waals surface area (Å²) < 4.78 is 14.7. The molecule has 24 heteroatoms. The van der Waals surface area contributed by atoms with E-state index < -0.39 is 91.3 Å². The van der Waals surface area contributed by atoms with Gasteiger partial charge >= 0.3 is 124 Å². The van der Waals surface area contributed by atoms with Crippen LogP contribution >= 0.6 is 0 Å². The molecule has 0 aliphatic heterocycles. The van der Waals surface area contributed by atoms with Crippen LogP contribution in [0.5, 0.6) is 17.2 Å². The monoisotopic (exact) mass is 1030 g/mol. The van der Waals surface area contributed by atoms with E-state index in [1.807, 2.05) is 0 Å². The molecular weight excluding hydrogens is 981 g/mol. The third-order valence-corrected chi connectivity index (χ3v) is 9.16. The normalized spacial score (nSPS) is 11.3. The fourth-order valence-corrected chi connectivity index (χ4v) is 6.18. The first-order chi connectivity index (χ1) is 32.2. The Labute approximate surface area is 480 Å². The molecule has 0 spiro atoms. The Bertz CT molecular complexity index is 2170. The van der Waals surface area contributed by atoms with Crippen molar-refractivity contribution in [3.8, 4) is 17.2 Å². The first-order valence-electron chi connectivity index (χ1n) is 20.5. The maximum atomic E-state index is 11.4. The average Bonchev–Trinajstić information content (AvgIpc) is 3.24. The molecule has 0 atom stereocenters. The minimum absolute atomic E-state index is 0. The van der Waals surface area contributed by atoms with Crippen molar-refractivity contribution < 1.29 is 192 Å². The fraction of sp³-hybridized carbons (Fsp3) is 0.312. The summed E-state index contributed by atoms with van der Waals surface area (Å²) in [6.07, 6.45) is -0.179. The standard InChI is InChI=1S/3C16H18O7.3Na/c3*1-9(2)14(16(21)22)12(15(19)20)7-10-3-5-11(6-4-10)23-8-13(17)18;;;/h3*3-6,9H,7-8H2,1-2H3,(H,17,18)(H,19,20)(H,21,22);;;/q;;;3*+1/p-3/b3*14-12-;;;. The van der Waals surface area contributed by atoms with Crippen LogP contribution in [0.3, 0.4) is 0 Å². The van der Waals surface area contributed by atoms with Crippen LogP contribution in [0.1, 0.15) is 58.2 Å². The molecule has 6 N–H and O–H groups in total. The Morgan fingerprint density at radius 1 is 0.361 bits per heavy atom. The van der Waals surface area contributed by atoms with E-state index in [4.69, 9.17) is 14.2 Å². The van der Waals surface area contributed by atoms with Gasteiger partial charge < -0.3 is 74.6 Å². The zero-order valence-electron chi connectivity index (χ0n) is 41.2. The molecule has 0 amide bonds. The second kappa shape index (κ2) is 35.6. The number of hydrogen-bond acceptors (Lipinski definition) is 15. The van der Waals surface area contributed by atoms with E-state index in [0.29, 0.717) is 33.9 Å². The Morgan fingerprint density at radius 3 is 0.667 bits per heavy atom. The van der Waals surface area contributed by atoms with Crippen LogP contribution in [0.4, 0.5) is 0 Å². The summed E-state index contributed by atoms with van der Waals surface area (Å²) in [5, 5.41) is 86.4. The maximum Gasteiger partial charge on any atom is 1.00 e. The molecule has 3 aromatic carbocycles. The Kier molecular flexibility index (Phi) is 35.0. The smallest absolute Gasteiger partial charge is 0.546 e. The van der Waals surface area contributed by atoms with Gasteiger partial charge in [-0.25, -0.2) is 28.8 Å². The van der Waals surface area contributed by atoms with Gasteiger partial charge in [0.25, 0.3) is 0 Å². The molecular formula is C48H51Na3O21. The predicted molar refractivity (Wildman–Crippen MR) is 233 cm³/mol. The van der Waals surface area contributed by atoms with Crippen molar-refractivity contribution in [2.45, 2.75) is 60.8 Å². The quantitative estimate of drug-likeness (QED) is 0.0358. The molecule has 0 aliphatic carbocycles. The zero-order chi connectivity index (χ0) is 52.7. The first kappa shape index (κ1) is 70.8. The minimum Gasteiger partial charge on any atom is -0.546 e. The van der Waals surface area contributed by atoms with Gasteiger partial charge in [0.05, 0.1) is 51.3 Å². The third-order valence-electron chi connectivity index (χ3n) is 9.16. The molecule has 0 saturated carbocycles. The van der Waals surface area contributed by atoms with Gasteiger partial charge in [0, 0.05) is 19.3 Å². The van der Waals surface area contributed by atoms with E-state index in [-0.39, 0.29) is 141 Å². The van der Waals surface area contributed by atoms with Gasteiger partial charge in [-0.05, 0) is 70.8 Å². The second-order valence-electron chi connectivity index (χ2n) is 15.4. The summed E-state index contributed by atoms with van der Waals surface area (Å²) in [7, 11) is 0. The number of carboxylic acid groups (broad SMARTS) is 9. The molecule has 72 heavy (non-hydrogen) atoms. The van der Waals surface area contributed by atoms with Crippen LogP contribution in [0.15, 0.2) is 106 Å². The van der Waals surface area contributed by atoms with Crippen LogP contribution in [-0.2, 0) is 62.4 Å². The Morgan fingerprint density at radius 2 is 0.542 bits per heavy atom.